The molecule has 0 aliphatic carbocycles. The van der Waals surface area contributed by atoms with Crippen LogP contribution in [0.4, 0.5) is 10.1 Å². The molecule has 0 aromatic heterocycles. The predicted molar refractivity (Wildman–Crippen MR) is 110 cm³/mol. The summed E-state index contributed by atoms with van der Waals surface area (Å²) in [6.07, 6.45) is 0. The van der Waals surface area contributed by atoms with Crippen molar-refractivity contribution in [3.8, 4) is 5.75 Å². The topological polar surface area (TPSA) is 77.8 Å². The number of hydrogen-bond donors (Lipinski definition) is 2. The van der Waals surface area contributed by atoms with Gasteiger partial charge in [-0.05, 0) is 36.8 Å². The third kappa shape index (κ3) is 3.22. The van der Waals surface area contributed by atoms with Crippen molar-refractivity contribution in [1.82, 2.24) is 0 Å². The van der Waals surface area contributed by atoms with Crippen LogP contribution in [0.3, 0.4) is 0 Å². The van der Waals surface area contributed by atoms with Crippen LogP contribution in [0.2, 0.25) is 0 Å². The van der Waals surface area contributed by atoms with Crippen molar-refractivity contribution in [1.29, 1.82) is 0 Å². The third-order valence-electron chi connectivity index (χ3n) is 5.10. The van der Waals surface area contributed by atoms with Gasteiger partial charge < -0.3 is 10.2 Å². The smallest absolute Gasteiger partial charge is 0.300 e. The molecule has 1 unspecified atom stereocenters. The van der Waals surface area contributed by atoms with E-state index in [9.17, 15) is 24.2 Å². The first kappa shape index (κ1) is 19.4. The van der Waals surface area contributed by atoms with E-state index in [1.165, 1.54) is 36.4 Å². The first-order chi connectivity index (χ1) is 14.4. The molecule has 1 fully saturated rings. The molecule has 1 amide bonds. The van der Waals surface area contributed by atoms with E-state index in [0.717, 1.165) is 10.5 Å². The number of benzene rings is 3. The maximum Gasteiger partial charge on any atom is 0.300 e. The number of rotatable bonds is 3. The molecule has 0 saturated carbocycles. The second-order valence-electron chi connectivity index (χ2n) is 7.08. The van der Waals surface area contributed by atoms with E-state index >= 15 is 0 Å². The molecule has 3 aromatic rings. The van der Waals surface area contributed by atoms with Crippen LogP contribution >= 0.6 is 0 Å². The number of aliphatic hydroxyl groups is 1. The molecular weight excluding hydrogens is 385 g/mol. The summed E-state index contributed by atoms with van der Waals surface area (Å²) in [4.78, 5) is 27.1. The molecule has 1 saturated heterocycles. The molecule has 3 aromatic carbocycles. The van der Waals surface area contributed by atoms with Gasteiger partial charge in [0.25, 0.3) is 11.7 Å². The second-order valence-corrected chi connectivity index (χ2v) is 7.08. The summed E-state index contributed by atoms with van der Waals surface area (Å²) < 4.78 is 13.5. The molecule has 1 atom stereocenters. The highest BCUT2D eigenvalue weighted by atomic mass is 19.1. The number of nitrogens with zero attached hydrogens (tertiary/aromatic N) is 1. The van der Waals surface area contributed by atoms with Gasteiger partial charge >= 0.3 is 0 Å². The first-order valence-electron chi connectivity index (χ1n) is 9.30. The zero-order valence-corrected chi connectivity index (χ0v) is 16.0. The van der Waals surface area contributed by atoms with Gasteiger partial charge in [0.15, 0.2) is 0 Å². The number of Topliss-reactive ketones (excluding diaryl/α,β-unsaturated/α-hetero) is 1. The molecule has 0 spiro atoms. The SMILES string of the molecule is Cc1ccc(/C(O)=C2\C(=O)C(=O)N(c3ccccc3O)C2c2ccc(F)cc2)cc1. The summed E-state index contributed by atoms with van der Waals surface area (Å²) >= 11 is 0. The number of phenols is 1. The minimum atomic E-state index is -1.03. The van der Waals surface area contributed by atoms with Gasteiger partial charge in [-0.3, -0.25) is 14.5 Å². The first-order valence-corrected chi connectivity index (χ1v) is 9.30. The number of anilines is 1. The Morgan fingerprint density at radius 3 is 2.20 bits per heavy atom. The van der Waals surface area contributed by atoms with Crippen molar-refractivity contribution in [2.45, 2.75) is 13.0 Å². The molecule has 1 aliphatic heterocycles. The van der Waals surface area contributed by atoms with E-state index in [1.54, 1.807) is 36.4 Å². The number of amides is 1. The molecular formula is C24H18FNO4. The molecule has 150 valence electrons. The van der Waals surface area contributed by atoms with Crippen LogP contribution in [0.1, 0.15) is 22.7 Å². The maximum atomic E-state index is 13.5. The number of phenolic OH excluding ortho intramolecular Hbond substituents is 1. The van der Waals surface area contributed by atoms with E-state index in [-0.39, 0.29) is 22.8 Å². The summed E-state index contributed by atoms with van der Waals surface area (Å²) in [5, 5.41) is 21.3. The number of ketones is 1. The normalized spacial score (nSPS) is 18.1. The second kappa shape index (κ2) is 7.48. The van der Waals surface area contributed by atoms with Gasteiger partial charge in [0.1, 0.15) is 17.3 Å². The highest BCUT2D eigenvalue weighted by Crippen LogP contribution is 2.44. The lowest BCUT2D eigenvalue weighted by Gasteiger charge is -2.26. The number of aliphatic hydroxyl groups excluding tert-OH is 1. The van der Waals surface area contributed by atoms with Crippen LogP contribution in [0.5, 0.6) is 5.75 Å². The van der Waals surface area contributed by atoms with Crippen molar-refractivity contribution in [2.24, 2.45) is 0 Å². The van der Waals surface area contributed by atoms with Crippen molar-refractivity contribution in [3.05, 3.63) is 101 Å². The number of halogens is 1. The third-order valence-corrected chi connectivity index (χ3v) is 5.10. The monoisotopic (exact) mass is 403 g/mol. The Kier molecular flexibility index (Phi) is 4.83. The Morgan fingerprint density at radius 2 is 1.57 bits per heavy atom. The van der Waals surface area contributed by atoms with Crippen molar-refractivity contribution < 1.29 is 24.2 Å². The fourth-order valence-electron chi connectivity index (χ4n) is 3.58. The van der Waals surface area contributed by atoms with E-state index < -0.39 is 23.5 Å². The molecule has 30 heavy (non-hydrogen) atoms. The van der Waals surface area contributed by atoms with Gasteiger partial charge in [-0.1, -0.05) is 54.1 Å². The zero-order valence-electron chi connectivity index (χ0n) is 16.0. The zero-order chi connectivity index (χ0) is 21.4. The van der Waals surface area contributed by atoms with E-state index in [1.807, 2.05) is 6.92 Å². The number of para-hydroxylation sites is 2. The number of hydrogen-bond acceptors (Lipinski definition) is 4. The lowest BCUT2D eigenvalue weighted by Crippen LogP contribution is -2.29. The van der Waals surface area contributed by atoms with Gasteiger partial charge in [0, 0.05) is 5.56 Å². The lowest BCUT2D eigenvalue weighted by atomic mass is 9.95. The van der Waals surface area contributed by atoms with Gasteiger partial charge in [-0.25, -0.2) is 4.39 Å². The maximum absolute atomic E-state index is 13.5. The minimum Gasteiger partial charge on any atom is -0.507 e. The number of aryl methyl sites for hydroxylation is 1. The minimum absolute atomic E-state index is 0.122. The number of aromatic hydroxyl groups is 1. The van der Waals surface area contributed by atoms with Gasteiger partial charge in [0.2, 0.25) is 0 Å². The van der Waals surface area contributed by atoms with Crippen LogP contribution < -0.4 is 4.90 Å². The Bertz CT molecular complexity index is 1170. The average molecular weight is 403 g/mol. The highest BCUT2D eigenvalue weighted by molar-refractivity contribution is 6.51. The number of carbonyl (C=O) groups excluding carboxylic acids is 2. The quantitative estimate of drug-likeness (QED) is 0.384. The van der Waals surface area contributed by atoms with Crippen LogP contribution in [0.25, 0.3) is 5.76 Å². The van der Waals surface area contributed by atoms with E-state index in [0.29, 0.717) is 11.1 Å². The van der Waals surface area contributed by atoms with E-state index in [4.69, 9.17) is 0 Å². The fourth-order valence-corrected chi connectivity index (χ4v) is 3.58. The molecule has 4 rings (SSSR count). The van der Waals surface area contributed by atoms with Crippen LogP contribution in [0, 0.1) is 12.7 Å². The fraction of sp³-hybridized carbons (Fsp3) is 0.0833. The lowest BCUT2D eigenvalue weighted by molar-refractivity contribution is -0.132. The molecule has 1 aliphatic rings. The average Bonchev–Trinajstić information content (AvgIpc) is 3.00. The van der Waals surface area contributed by atoms with Crippen molar-refractivity contribution in [3.63, 3.8) is 0 Å². The van der Waals surface area contributed by atoms with Crippen molar-refractivity contribution >= 4 is 23.1 Å². The van der Waals surface area contributed by atoms with E-state index in [2.05, 4.69) is 0 Å². The Balaban J connectivity index is 1.96. The Morgan fingerprint density at radius 1 is 0.933 bits per heavy atom. The summed E-state index contributed by atoms with van der Waals surface area (Å²) in [5.74, 6) is -2.77. The molecule has 1 heterocycles. The van der Waals surface area contributed by atoms with Gasteiger partial charge in [-0.15, -0.1) is 0 Å². The van der Waals surface area contributed by atoms with Gasteiger partial charge in [-0.2, -0.15) is 0 Å². The largest absolute Gasteiger partial charge is 0.507 e. The Labute approximate surface area is 172 Å². The van der Waals surface area contributed by atoms with Crippen molar-refractivity contribution in [2.75, 3.05) is 4.90 Å². The Hall–Kier alpha value is -3.93. The summed E-state index contributed by atoms with van der Waals surface area (Å²) in [7, 11) is 0. The highest BCUT2D eigenvalue weighted by Gasteiger charge is 2.47. The standard InChI is InChI=1S/C24H18FNO4/c1-14-6-8-16(9-7-14)22(28)20-21(15-10-12-17(25)13-11-15)26(24(30)23(20)29)18-4-2-3-5-19(18)27/h2-13,21,27-28H,1H3/b22-20+. The summed E-state index contributed by atoms with van der Waals surface area (Å²) in [5.41, 5.74) is 1.77. The van der Waals surface area contributed by atoms with Crippen LogP contribution in [-0.2, 0) is 9.59 Å². The molecule has 0 radical (unpaired) electrons. The van der Waals surface area contributed by atoms with Gasteiger partial charge in [0.05, 0.1) is 17.3 Å². The predicted octanol–water partition coefficient (Wildman–Crippen LogP) is 4.47. The number of carbonyl (C=O) groups is 2. The molecule has 2 N–H and O–H groups in total. The summed E-state index contributed by atoms with van der Waals surface area (Å²) in [6, 6.07) is 17.3. The molecule has 5 nitrogen and oxygen atoms in total. The molecule has 0 bridgehead atoms. The van der Waals surface area contributed by atoms with Crippen LogP contribution in [0.15, 0.2) is 78.4 Å². The summed E-state index contributed by atoms with van der Waals surface area (Å²) in [6.45, 7) is 1.89. The molecule has 6 heteroatoms. The van der Waals surface area contributed by atoms with Crippen LogP contribution in [-0.4, -0.2) is 21.9 Å².